The monoisotopic (exact) mass is 135 g/mol. The Morgan fingerprint density at radius 2 is 2.00 bits per heavy atom. The van der Waals surface area contributed by atoms with Gasteiger partial charge in [-0.25, -0.2) is 8.42 Å². The summed E-state index contributed by atoms with van der Waals surface area (Å²) in [6.45, 7) is 4.59. The molecule has 0 aromatic rings. The minimum Gasteiger partial charge on any atom is -0.282 e. The molecule has 0 N–H and O–H groups in total. The molecule has 0 saturated heterocycles. The van der Waals surface area contributed by atoms with Gasteiger partial charge in [0.2, 0.25) is 0 Å². The van der Waals surface area contributed by atoms with Crippen LogP contribution >= 0.6 is 0 Å². The second-order valence-corrected chi connectivity index (χ2v) is 3.95. The van der Waals surface area contributed by atoms with E-state index in [2.05, 4.69) is 11.7 Å². The summed E-state index contributed by atoms with van der Waals surface area (Å²) < 4.78 is 20.9. The lowest BCUT2D eigenvalue weighted by molar-refractivity contribution is 0.592. The van der Waals surface area contributed by atoms with E-state index >= 15 is 0 Å². The lowest BCUT2D eigenvalue weighted by Crippen LogP contribution is -2.11. The standard InChI is InChI=1S/C4H9NO2S/c1-4(5-2)8(3,6)7/h4H,2H2,1,3H3. The van der Waals surface area contributed by atoms with Crippen LogP contribution in [0.3, 0.4) is 0 Å². The molecule has 0 bridgehead atoms. The Bertz CT molecular complexity index is 170. The van der Waals surface area contributed by atoms with Gasteiger partial charge in [-0.05, 0) is 13.6 Å². The van der Waals surface area contributed by atoms with Gasteiger partial charge in [0.1, 0.15) is 5.37 Å². The Balaban J connectivity index is 4.26. The van der Waals surface area contributed by atoms with Crippen molar-refractivity contribution in [3.05, 3.63) is 0 Å². The van der Waals surface area contributed by atoms with Crippen molar-refractivity contribution < 1.29 is 8.42 Å². The molecule has 0 saturated carbocycles. The second kappa shape index (κ2) is 2.26. The van der Waals surface area contributed by atoms with Crippen molar-refractivity contribution in [3.8, 4) is 0 Å². The average molecular weight is 135 g/mol. The van der Waals surface area contributed by atoms with Crippen LogP contribution < -0.4 is 0 Å². The van der Waals surface area contributed by atoms with Crippen LogP contribution in [0.1, 0.15) is 6.92 Å². The number of rotatable bonds is 2. The third kappa shape index (κ3) is 2.07. The summed E-state index contributed by atoms with van der Waals surface area (Å²) in [6, 6.07) is 0. The third-order valence-electron chi connectivity index (χ3n) is 0.877. The SMILES string of the molecule is C=NC(C)S(C)(=O)=O. The Hall–Kier alpha value is -0.380. The molecule has 0 amide bonds. The molecule has 3 nitrogen and oxygen atoms in total. The van der Waals surface area contributed by atoms with Gasteiger partial charge in [0.15, 0.2) is 9.84 Å². The predicted molar refractivity (Wildman–Crippen MR) is 33.9 cm³/mol. The molecule has 0 aliphatic heterocycles. The van der Waals surface area contributed by atoms with Crippen molar-refractivity contribution in [2.75, 3.05) is 6.26 Å². The van der Waals surface area contributed by atoms with Gasteiger partial charge in [-0.15, -0.1) is 0 Å². The third-order valence-corrected chi connectivity index (χ3v) is 2.27. The molecule has 0 fully saturated rings. The normalized spacial score (nSPS) is 15.2. The quantitative estimate of drug-likeness (QED) is 0.503. The maximum atomic E-state index is 10.4. The van der Waals surface area contributed by atoms with Crippen molar-refractivity contribution in [2.45, 2.75) is 12.3 Å². The first-order chi connectivity index (χ1) is 3.48. The maximum absolute atomic E-state index is 10.4. The van der Waals surface area contributed by atoms with Gasteiger partial charge in [-0.3, -0.25) is 4.99 Å². The first-order valence-corrected chi connectivity index (χ1v) is 4.08. The fourth-order valence-corrected chi connectivity index (χ4v) is 0.406. The number of hydrogen-bond donors (Lipinski definition) is 0. The molecular weight excluding hydrogens is 126 g/mol. The highest BCUT2D eigenvalue weighted by Gasteiger charge is 2.09. The molecule has 0 spiro atoms. The van der Waals surface area contributed by atoms with Gasteiger partial charge in [0.05, 0.1) is 0 Å². The Morgan fingerprint density at radius 1 is 1.62 bits per heavy atom. The summed E-state index contributed by atoms with van der Waals surface area (Å²) in [5.41, 5.74) is 0. The zero-order chi connectivity index (χ0) is 6.78. The predicted octanol–water partition coefficient (Wildman–Crippen LogP) is 0.0776. The molecule has 0 heterocycles. The molecular formula is C4H9NO2S. The Morgan fingerprint density at radius 3 is 2.00 bits per heavy atom. The van der Waals surface area contributed by atoms with Crippen LogP contribution in [-0.4, -0.2) is 26.8 Å². The first-order valence-electron chi connectivity index (χ1n) is 2.13. The molecule has 0 rings (SSSR count). The van der Waals surface area contributed by atoms with Crippen LogP contribution in [0.5, 0.6) is 0 Å². The lowest BCUT2D eigenvalue weighted by Gasteiger charge is -1.98. The fraction of sp³-hybridized carbons (Fsp3) is 0.750. The average Bonchev–Trinajstić information content (AvgIpc) is 1.62. The fourth-order valence-electron chi connectivity index (χ4n) is 0.135. The van der Waals surface area contributed by atoms with Crippen LogP contribution in [-0.2, 0) is 9.84 Å². The molecule has 48 valence electrons. The van der Waals surface area contributed by atoms with Gasteiger partial charge >= 0.3 is 0 Å². The molecule has 1 unspecified atom stereocenters. The highest BCUT2D eigenvalue weighted by Crippen LogP contribution is 1.95. The Labute approximate surface area is 49.4 Å². The van der Waals surface area contributed by atoms with Crippen LogP contribution in [0.25, 0.3) is 0 Å². The van der Waals surface area contributed by atoms with Crippen molar-refractivity contribution in [1.29, 1.82) is 0 Å². The summed E-state index contributed by atoms with van der Waals surface area (Å²) in [7, 11) is -2.98. The Kier molecular flexibility index (Phi) is 2.15. The summed E-state index contributed by atoms with van der Waals surface area (Å²) in [4.78, 5) is 3.32. The van der Waals surface area contributed by atoms with Crippen molar-refractivity contribution >= 4 is 16.6 Å². The van der Waals surface area contributed by atoms with E-state index in [-0.39, 0.29) is 0 Å². The van der Waals surface area contributed by atoms with Crippen LogP contribution in [0.15, 0.2) is 4.99 Å². The van der Waals surface area contributed by atoms with E-state index in [1.54, 1.807) is 0 Å². The highest BCUT2D eigenvalue weighted by atomic mass is 32.2. The summed E-state index contributed by atoms with van der Waals surface area (Å²) in [6.07, 6.45) is 1.13. The van der Waals surface area contributed by atoms with Crippen LogP contribution in [0, 0.1) is 0 Å². The summed E-state index contributed by atoms with van der Waals surface area (Å²) in [5.74, 6) is 0. The van der Waals surface area contributed by atoms with Gasteiger partial charge in [0.25, 0.3) is 0 Å². The van der Waals surface area contributed by atoms with E-state index in [1.807, 2.05) is 0 Å². The molecule has 0 aliphatic rings. The molecule has 0 aromatic heterocycles. The molecule has 4 heteroatoms. The smallest absolute Gasteiger partial charge is 0.170 e. The van der Waals surface area contributed by atoms with Gasteiger partial charge in [-0.1, -0.05) is 0 Å². The van der Waals surface area contributed by atoms with Crippen molar-refractivity contribution in [3.63, 3.8) is 0 Å². The van der Waals surface area contributed by atoms with E-state index < -0.39 is 15.2 Å². The van der Waals surface area contributed by atoms with Crippen LogP contribution in [0.2, 0.25) is 0 Å². The van der Waals surface area contributed by atoms with E-state index in [4.69, 9.17) is 0 Å². The molecule has 0 aliphatic carbocycles. The second-order valence-electron chi connectivity index (χ2n) is 1.61. The highest BCUT2D eigenvalue weighted by molar-refractivity contribution is 7.91. The molecule has 0 radical (unpaired) electrons. The summed E-state index contributed by atoms with van der Waals surface area (Å²) in [5, 5.41) is -0.664. The minimum absolute atomic E-state index is 0.664. The summed E-state index contributed by atoms with van der Waals surface area (Å²) >= 11 is 0. The maximum Gasteiger partial charge on any atom is 0.170 e. The number of sulfone groups is 1. The number of aliphatic imine (C=N–C) groups is 1. The number of hydrogen-bond acceptors (Lipinski definition) is 3. The van der Waals surface area contributed by atoms with Crippen molar-refractivity contribution in [1.82, 2.24) is 0 Å². The minimum atomic E-state index is -2.98. The van der Waals surface area contributed by atoms with Crippen molar-refractivity contribution in [2.24, 2.45) is 4.99 Å². The van der Waals surface area contributed by atoms with E-state index in [0.717, 1.165) is 6.26 Å². The number of nitrogens with zero attached hydrogens (tertiary/aromatic N) is 1. The molecule has 8 heavy (non-hydrogen) atoms. The van der Waals surface area contributed by atoms with E-state index in [9.17, 15) is 8.42 Å². The van der Waals surface area contributed by atoms with E-state index in [1.165, 1.54) is 6.92 Å². The molecule has 0 aromatic carbocycles. The van der Waals surface area contributed by atoms with Crippen LogP contribution in [0.4, 0.5) is 0 Å². The van der Waals surface area contributed by atoms with Gasteiger partial charge < -0.3 is 0 Å². The lowest BCUT2D eigenvalue weighted by atomic mass is 10.8. The zero-order valence-corrected chi connectivity index (χ0v) is 5.77. The first kappa shape index (κ1) is 7.62. The zero-order valence-electron chi connectivity index (χ0n) is 4.96. The largest absolute Gasteiger partial charge is 0.282 e. The van der Waals surface area contributed by atoms with Gasteiger partial charge in [-0.2, -0.15) is 0 Å². The van der Waals surface area contributed by atoms with E-state index in [0.29, 0.717) is 0 Å². The molecule has 1 atom stereocenters. The van der Waals surface area contributed by atoms with Gasteiger partial charge in [0, 0.05) is 6.26 Å². The topological polar surface area (TPSA) is 46.5 Å².